The number of rotatable bonds is 5. The topological polar surface area (TPSA) is 80.3 Å². The number of nitrogens with one attached hydrogen (secondary N) is 1. The molecule has 0 saturated carbocycles. The molecule has 1 fully saturated rings. The molecule has 7 heteroatoms. The Morgan fingerprint density at radius 3 is 2.48 bits per heavy atom. The number of benzene rings is 1. The Morgan fingerprint density at radius 2 is 1.90 bits per heavy atom. The molecule has 1 N–H and O–H groups in total. The third-order valence-corrected chi connectivity index (χ3v) is 7.09. The lowest BCUT2D eigenvalue weighted by Crippen LogP contribution is -2.34. The van der Waals surface area contributed by atoms with Crippen molar-refractivity contribution in [3.05, 3.63) is 29.8 Å². The molecule has 1 aromatic rings. The molecule has 21 heavy (non-hydrogen) atoms. The van der Waals surface area contributed by atoms with Gasteiger partial charge in [0.05, 0.1) is 17.3 Å². The van der Waals surface area contributed by atoms with Gasteiger partial charge in [-0.1, -0.05) is 19.1 Å². The highest BCUT2D eigenvalue weighted by molar-refractivity contribution is 7.91. The Kier molecular flexibility index (Phi) is 4.93. The van der Waals surface area contributed by atoms with Crippen LogP contribution in [0.15, 0.2) is 24.3 Å². The van der Waals surface area contributed by atoms with Crippen LogP contribution in [-0.4, -0.2) is 40.1 Å². The Bertz CT molecular complexity index is 678. The molecule has 0 radical (unpaired) electrons. The molecule has 1 atom stereocenters. The first kappa shape index (κ1) is 16.3. The maximum Gasteiger partial charge on any atom is 0.154 e. The van der Waals surface area contributed by atoms with Crippen molar-refractivity contribution in [2.75, 3.05) is 22.6 Å². The van der Waals surface area contributed by atoms with Crippen molar-refractivity contribution >= 4 is 25.4 Å². The van der Waals surface area contributed by atoms with Crippen molar-refractivity contribution < 1.29 is 16.8 Å². The summed E-state index contributed by atoms with van der Waals surface area (Å²) < 4.78 is 46.3. The fourth-order valence-electron chi connectivity index (χ4n) is 2.43. The van der Waals surface area contributed by atoms with E-state index in [-0.39, 0.29) is 29.1 Å². The number of sulfone groups is 2. The standard InChI is InChI=1S/C14H21NO4S2/c1-2-20(16,17)10-12-5-7-13(8-6-12)15-14-4-3-9-21(18,19)11-14/h5-8,14-15H,2-4,9-11H2,1H3. The van der Waals surface area contributed by atoms with Crippen LogP contribution in [0, 0.1) is 0 Å². The smallest absolute Gasteiger partial charge is 0.154 e. The molecule has 1 unspecified atom stereocenters. The average molecular weight is 331 g/mol. The van der Waals surface area contributed by atoms with Crippen molar-refractivity contribution in [1.29, 1.82) is 0 Å². The second-order valence-electron chi connectivity index (χ2n) is 5.47. The highest BCUT2D eigenvalue weighted by atomic mass is 32.2. The number of anilines is 1. The van der Waals surface area contributed by atoms with Gasteiger partial charge in [0.15, 0.2) is 19.7 Å². The lowest BCUT2D eigenvalue weighted by atomic mass is 10.1. The summed E-state index contributed by atoms with van der Waals surface area (Å²) in [5.74, 6) is 0.618. The monoisotopic (exact) mass is 331 g/mol. The third-order valence-electron chi connectivity index (χ3n) is 3.61. The summed E-state index contributed by atoms with van der Waals surface area (Å²) in [6, 6.07) is 7.09. The lowest BCUT2D eigenvalue weighted by molar-refractivity contribution is 0.562. The van der Waals surface area contributed by atoms with Gasteiger partial charge in [-0.25, -0.2) is 16.8 Å². The second-order valence-corrected chi connectivity index (χ2v) is 10.1. The van der Waals surface area contributed by atoms with Crippen LogP contribution in [-0.2, 0) is 25.4 Å². The van der Waals surface area contributed by atoms with Gasteiger partial charge in [-0.3, -0.25) is 0 Å². The second kappa shape index (κ2) is 6.36. The fraction of sp³-hybridized carbons (Fsp3) is 0.571. The summed E-state index contributed by atoms with van der Waals surface area (Å²) in [5.41, 5.74) is 1.58. The summed E-state index contributed by atoms with van der Waals surface area (Å²) in [6.45, 7) is 1.63. The highest BCUT2D eigenvalue weighted by Crippen LogP contribution is 2.18. The molecular formula is C14H21NO4S2. The van der Waals surface area contributed by atoms with Crippen molar-refractivity contribution in [2.45, 2.75) is 31.6 Å². The van der Waals surface area contributed by atoms with Crippen LogP contribution >= 0.6 is 0 Å². The SMILES string of the molecule is CCS(=O)(=O)Cc1ccc(NC2CCCS(=O)(=O)C2)cc1. The Balaban J connectivity index is 2.00. The van der Waals surface area contributed by atoms with E-state index >= 15 is 0 Å². The predicted molar refractivity (Wildman–Crippen MR) is 84.9 cm³/mol. The van der Waals surface area contributed by atoms with Crippen molar-refractivity contribution in [3.8, 4) is 0 Å². The van der Waals surface area contributed by atoms with Gasteiger partial charge in [0.1, 0.15) is 0 Å². The summed E-state index contributed by atoms with van der Waals surface area (Å²) >= 11 is 0. The molecular weight excluding hydrogens is 310 g/mol. The molecule has 118 valence electrons. The fourth-order valence-corrected chi connectivity index (χ4v) is 4.97. The first-order valence-corrected chi connectivity index (χ1v) is 10.7. The molecule has 0 spiro atoms. The van der Waals surface area contributed by atoms with Crippen molar-refractivity contribution in [3.63, 3.8) is 0 Å². The van der Waals surface area contributed by atoms with E-state index in [0.29, 0.717) is 6.42 Å². The molecule has 0 aromatic heterocycles. The molecule has 1 aliphatic heterocycles. The van der Waals surface area contributed by atoms with Crippen LogP contribution in [0.4, 0.5) is 5.69 Å². The summed E-state index contributed by atoms with van der Waals surface area (Å²) in [4.78, 5) is 0. The van der Waals surface area contributed by atoms with Gasteiger partial charge in [-0.2, -0.15) is 0 Å². The van der Waals surface area contributed by atoms with Gasteiger partial charge in [-0.15, -0.1) is 0 Å². The minimum Gasteiger partial charge on any atom is -0.381 e. The minimum absolute atomic E-state index is 0.0432. The van der Waals surface area contributed by atoms with Gasteiger partial charge in [-0.05, 0) is 30.5 Å². The van der Waals surface area contributed by atoms with E-state index in [1.807, 2.05) is 12.1 Å². The molecule has 5 nitrogen and oxygen atoms in total. The van der Waals surface area contributed by atoms with E-state index < -0.39 is 19.7 Å². The minimum atomic E-state index is -3.03. The predicted octanol–water partition coefficient (Wildman–Crippen LogP) is 1.61. The Labute approximate surface area is 126 Å². The zero-order valence-electron chi connectivity index (χ0n) is 12.1. The molecule has 1 heterocycles. The summed E-state index contributed by atoms with van der Waals surface area (Å²) in [7, 11) is -5.96. The van der Waals surface area contributed by atoms with Crippen LogP contribution in [0.25, 0.3) is 0 Å². The first-order valence-electron chi connectivity index (χ1n) is 7.06. The third kappa shape index (κ3) is 5.00. The first-order chi connectivity index (χ1) is 9.80. The maximum atomic E-state index is 11.6. The summed E-state index contributed by atoms with van der Waals surface area (Å²) in [6.07, 6.45) is 1.53. The quantitative estimate of drug-likeness (QED) is 0.886. The van der Waals surface area contributed by atoms with Gasteiger partial charge in [0, 0.05) is 17.5 Å². The molecule has 1 aliphatic rings. The van der Waals surface area contributed by atoms with Crippen molar-refractivity contribution in [1.82, 2.24) is 0 Å². The van der Waals surface area contributed by atoms with Gasteiger partial charge in [0.2, 0.25) is 0 Å². The maximum absolute atomic E-state index is 11.6. The van der Waals surface area contributed by atoms with Crippen molar-refractivity contribution in [2.24, 2.45) is 0 Å². The van der Waals surface area contributed by atoms with E-state index in [2.05, 4.69) is 5.32 Å². The summed E-state index contributed by atoms with van der Waals surface area (Å²) in [5, 5.41) is 3.21. The average Bonchev–Trinajstić information content (AvgIpc) is 2.40. The molecule has 2 rings (SSSR count). The van der Waals surface area contributed by atoms with Crippen LogP contribution < -0.4 is 5.32 Å². The lowest BCUT2D eigenvalue weighted by Gasteiger charge is -2.24. The van der Waals surface area contributed by atoms with E-state index in [4.69, 9.17) is 0 Å². The van der Waals surface area contributed by atoms with E-state index in [1.54, 1.807) is 19.1 Å². The number of hydrogen-bond donors (Lipinski definition) is 1. The molecule has 0 bridgehead atoms. The van der Waals surface area contributed by atoms with Crippen LogP contribution in [0.1, 0.15) is 25.3 Å². The van der Waals surface area contributed by atoms with Crippen LogP contribution in [0.3, 0.4) is 0 Å². The van der Waals surface area contributed by atoms with Crippen LogP contribution in [0.5, 0.6) is 0 Å². The number of hydrogen-bond acceptors (Lipinski definition) is 5. The Morgan fingerprint density at radius 1 is 1.24 bits per heavy atom. The zero-order chi connectivity index (χ0) is 15.5. The molecule has 0 amide bonds. The van der Waals surface area contributed by atoms with Crippen LogP contribution in [0.2, 0.25) is 0 Å². The molecule has 0 aliphatic carbocycles. The van der Waals surface area contributed by atoms with Gasteiger partial charge >= 0.3 is 0 Å². The Hall–Kier alpha value is -1.08. The van der Waals surface area contributed by atoms with Gasteiger partial charge < -0.3 is 5.32 Å². The van der Waals surface area contributed by atoms with E-state index in [9.17, 15) is 16.8 Å². The molecule has 1 saturated heterocycles. The zero-order valence-corrected chi connectivity index (χ0v) is 13.7. The van der Waals surface area contributed by atoms with E-state index in [1.165, 1.54) is 0 Å². The highest BCUT2D eigenvalue weighted by Gasteiger charge is 2.24. The van der Waals surface area contributed by atoms with E-state index in [0.717, 1.165) is 17.7 Å². The molecule has 1 aromatic carbocycles. The normalized spacial score (nSPS) is 21.9. The van der Waals surface area contributed by atoms with Gasteiger partial charge in [0.25, 0.3) is 0 Å². The largest absolute Gasteiger partial charge is 0.381 e.